The maximum Gasteiger partial charge on any atom is 4.00 e. The van der Waals surface area contributed by atoms with Crippen molar-refractivity contribution >= 4 is 11.0 Å². The second-order valence-electron chi connectivity index (χ2n) is 1.79. The molecule has 0 aliphatic carbocycles. The predicted molar refractivity (Wildman–Crippen MR) is 88.6 cm³/mol. The van der Waals surface area contributed by atoms with Crippen molar-refractivity contribution in [1.29, 1.82) is 0 Å². The molecule has 192 valence electrons. The Kier molecular flexibility index (Phi) is 105. The van der Waals surface area contributed by atoms with Gasteiger partial charge < -0.3 is 123 Å². The smallest absolute Gasteiger partial charge is 0.356 e. The number of hydrogen-bond acceptors (Lipinski definition) is 24. The topological polar surface area (TPSA) is 530 Å². The Labute approximate surface area is 201 Å². The van der Waals surface area contributed by atoms with Crippen molar-refractivity contribution in [2.24, 2.45) is 0 Å². The molecule has 0 heterocycles. The van der Waals surface area contributed by atoms with Crippen LogP contribution in [0.4, 0.5) is 0 Å². The minimum Gasteiger partial charge on any atom is -0.356 e. The van der Waals surface area contributed by atoms with E-state index in [0.717, 1.165) is 0 Å². The van der Waals surface area contributed by atoms with Gasteiger partial charge in [-0.1, -0.05) is 0 Å². The van der Waals surface area contributed by atoms with E-state index in [0.29, 0.717) is 0 Å². The van der Waals surface area contributed by atoms with Crippen LogP contribution in [-0.2, 0) is 26.2 Å². The third-order valence-electron chi connectivity index (χ3n) is 0. The summed E-state index contributed by atoms with van der Waals surface area (Å²) < 4.78 is 0. The van der Waals surface area contributed by atoms with Crippen LogP contribution in [-0.4, -0.2) is 51.7 Å². The summed E-state index contributed by atoms with van der Waals surface area (Å²) in [7, 11) is 0. The molecule has 0 atom stereocenters. The van der Waals surface area contributed by atoms with Gasteiger partial charge in [-0.25, -0.2) is 0 Å². The van der Waals surface area contributed by atoms with Crippen molar-refractivity contribution in [3.63, 3.8) is 0 Å². The van der Waals surface area contributed by atoms with Gasteiger partial charge in [-0.2, -0.15) is 0 Å². The first-order valence-corrected chi connectivity index (χ1v) is 4.38. The molecule has 0 spiro atoms. The van der Waals surface area contributed by atoms with Gasteiger partial charge in [0.1, 0.15) is 0 Å². The molecule has 0 bridgehead atoms. The first-order valence-electron chi connectivity index (χ1n) is 4.38. The minimum atomic E-state index is -1.75. The SMILES string of the molecule is O=[N+]([O-])[O-].O=[N+]([O-])[O-].O=[N+]([O-])[O-].O=[N+]([O-])[O-].O=[N+]([O-])[O-].O=[N+]([O-])[O-].O=[N+]([O-])[O-].O=[N+]([O-])[O-].[Si+4].[Zr+4]. The van der Waals surface area contributed by atoms with Crippen LogP contribution in [0, 0.1) is 123 Å². The van der Waals surface area contributed by atoms with Crippen LogP contribution in [0.5, 0.6) is 0 Å². The summed E-state index contributed by atoms with van der Waals surface area (Å²) in [6.45, 7) is 0. The second kappa shape index (κ2) is 56.5. The summed E-state index contributed by atoms with van der Waals surface area (Å²) in [5, 5.41) is 118. The van der Waals surface area contributed by atoms with Crippen LogP contribution in [0.15, 0.2) is 0 Å². The first kappa shape index (κ1) is 63.0. The summed E-state index contributed by atoms with van der Waals surface area (Å²) in [6, 6.07) is 0. The summed E-state index contributed by atoms with van der Waals surface area (Å²) in [4.78, 5) is 66.0. The number of rotatable bonds is 0. The maximum atomic E-state index is 8.25. The van der Waals surface area contributed by atoms with E-state index in [1.165, 1.54) is 0 Å². The standard InChI is InChI=1S/8NO3.Si.Zr/c8*2-1(3)4;;/q8*-1;2*+4. The molecule has 0 aromatic rings. The van der Waals surface area contributed by atoms with Gasteiger partial charge in [-0.15, -0.1) is 0 Å². The van der Waals surface area contributed by atoms with Crippen LogP contribution < -0.4 is 0 Å². The summed E-state index contributed by atoms with van der Waals surface area (Å²) in [6.07, 6.45) is 0. The predicted octanol–water partition coefficient (Wildman–Crippen LogP) is -2.30. The molecule has 0 saturated carbocycles. The van der Waals surface area contributed by atoms with Crippen molar-refractivity contribution in [3.8, 4) is 0 Å². The third-order valence-corrected chi connectivity index (χ3v) is 0. The van der Waals surface area contributed by atoms with Gasteiger partial charge in [0.15, 0.2) is 0 Å². The van der Waals surface area contributed by atoms with Crippen molar-refractivity contribution in [1.82, 2.24) is 0 Å². The molecule has 0 amide bonds. The van der Waals surface area contributed by atoms with Gasteiger partial charge in [-0.05, 0) is 0 Å². The van der Waals surface area contributed by atoms with Gasteiger partial charge in [0.2, 0.25) is 0 Å². The van der Waals surface area contributed by atoms with E-state index in [-0.39, 0.29) is 37.2 Å². The fraction of sp³-hybridized carbons (Fsp3) is 0. The van der Waals surface area contributed by atoms with E-state index in [9.17, 15) is 0 Å². The molecule has 34 heteroatoms. The van der Waals surface area contributed by atoms with Gasteiger partial charge >= 0.3 is 37.2 Å². The van der Waals surface area contributed by atoms with Crippen molar-refractivity contribution < 1.29 is 66.9 Å². The molecule has 0 aromatic heterocycles. The van der Waals surface area contributed by atoms with Gasteiger partial charge in [0.05, 0.1) is 40.7 Å². The van der Waals surface area contributed by atoms with E-state index in [4.69, 9.17) is 123 Å². The molecule has 0 aromatic carbocycles. The van der Waals surface area contributed by atoms with Crippen LogP contribution in [0.2, 0.25) is 0 Å². The molecule has 0 rings (SSSR count). The van der Waals surface area contributed by atoms with Crippen molar-refractivity contribution in [3.05, 3.63) is 123 Å². The summed E-state index contributed by atoms with van der Waals surface area (Å²) in [5.74, 6) is 0. The zero-order valence-corrected chi connectivity index (χ0v) is 17.8. The minimum absolute atomic E-state index is 0. The molecule has 0 radical (unpaired) electrons. The molecule has 32 nitrogen and oxygen atoms in total. The van der Waals surface area contributed by atoms with E-state index in [1.54, 1.807) is 0 Å². The van der Waals surface area contributed by atoms with E-state index in [2.05, 4.69) is 0 Å². The van der Waals surface area contributed by atoms with Crippen LogP contribution in [0.25, 0.3) is 0 Å². The van der Waals surface area contributed by atoms with Crippen LogP contribution in [0.3, 0.4) is 0 Å². The van der Waals surface area contributed by atoms with Crippen LogP contribution >= 0.6 is 0 Å². The number of hydrogen-bond donors (Lipinski definition) is 0. The molecule has 34 heavy (non-hydrogen) atoms. The molecule has 0 saturated heterocycles. The third kappa shape index (κ3) is 628. The normalized spacial score (nSPS) is 5.65. The number of nitrogens with zero attached hydrogens (tertiary/aromatic N) is 8. The Balaban J connectivity index is -0.0000000240. The largest absolute Gasteiger partial charge is 4.00 e. The molecule has 0 aliphatic heterocycles. The first-order chi connectivity index (χ1) is 13.9. The fourth-order valence-corrected chi connectivity index (χ4v) is 0. The second-order valence-corrected chi connectivity index (χ2v) is 1.79. The van der Waals surface area contributed by atoms with Crippen LogP contribution in [0.1, 0.15) is 0 Å². The zero-order chi connectivity index (χ0) is 28.6. The average Bonchev–Trinajstić information content (AvgIpc) is 2.30. The van der Waals surface area contributed by atoms with E-state index >= 15 is 0 Å². The van der Waals surface area contributed by atoms with E-state index in [1.807, 2.05) is 0 Å². The van der Waals surface area contributed by atoms with Gasteiger partial charge in [0.25, 0.3) is 0 Å². The Morgan fingerprint density at radius 2 is 0.235 bits per heavy atom. The molecular weight excluding hydrogens is 615 g/mol. The van der Waals surface area contributed by atoms with Crippen molar-refractivity contribution in [2.45, 2.75) is 0 Å². The molecule has 0 unspecified atom stereocenters. The molecular formula is N8O24SiZr. The Morgan fingerprint density at radius 1 is 0.235 bits per heavy atom. The monoisotopic (exact) mass is 614 g/mol. The van der Waals surface area contributed by atoms with Gasteiger partial charge in [-0.3, -0.25) is 0 Å². The molecule has 0 fully saturated rings. The Morgan fingerprint density at radius 3 is 0.235 bits per heavy atom. The Bertz CT molecular complexity index is 367. The summed E-state index contributed by atoms with van der Waals surface area (Å²) >= 11 is 0. The quantitative estimate of drug-likeness (QED) is 0.157. The molecule has 0 aliphatic rings. The van der Waals surface area contributed by atoms with E-state index < -0.39 is 40.7 Å². The fourth-order valence-electron chi connectivity index (χ4n) is 0. The van der Waals surface area contributed by atoms with Crippen molar-refractivity contribution in [2.75, 3.05) is 0 Å². The molecule has 0 N–H and O–H groups in total. The van der Waals surface area contributed by atoms with Gasteiger partial charge in [0, 0.05) is 0 Å². The summed E-state index contributed by atoms with van der Waals surface area (Å²) in [5.41, 5.74) is 0. The maximum absolute atomic E-state index is 8.25. The Hall–Kier alpha value is -5.30. The average molecular weight is 615 g/mol. The zero-order valence-electron chi connectivity index (χ0n) is 14.4.